The van der Waals surface area contributed by atoms with Gasteiger partial charge in [0.15, 0.2) is 0 Å². The fourth-order valence-corrected chi connectivity index (χ4v) is 4.64. The molecule has 3 rings (SSSR count). The molecule has 0 amide bonds. The SMILES string of the molecule is CC1(C)O[C@]23CCC[C@H](O)[C@@]2(C)CC[C@@]1(O)[C@@H]3O. The standard InChI is InChI=1S/C14H24O4/c1-11(2)13(17)8-7-12(3)9(15)5-4-6-14(12,18-11)10(13)16/h9-10,15-17H,4-8H2,1-3H3/t9-,10-,12+,13+,14-/m0/s1. The smallest absolute Gasteiger partial charge is 0.122 e. The molecule has 1 aliphatic heterocycles. The topological polar surface area (TPSA) is 69.9 Å². The van der Waals surface area contributed by atoms with Gasteiger partial charge in [0.25, 0.3) is 0 Å². The molecule has 3 fully saturated rings. The minimum atomic E-state index is -1.19. The molecule has 5 atom stereocenters. The molecule has 0 aromatic carbocycles. The highest BCUT2D eigenvalue weighted by Gasteiger charge is 2.76. The first-order valence-electron chi connectivity index (χ1n) is 6.98. The Hall–Kier alpha value is -0.160. The van der Waals surface area contributed by atoms with E-state index in [1.165, 1.54) is 0 Å². The molecular weight excluding hydrogens is 232 g/mol. The second-order valence-electron chi connectivity index (χ2n) is 7.15. The Morgan fingerprint density at radius 1 is 1.06 bits per heavy atom. The summed E-state index contributed by atoms with van der Waals surface area (Å²) >= 11 is 0. The zero-order chi connectivity index (χ0) is 13.4. The molecule has 0 radical (unpaired) electrons. The lowest BCUT2D eigenvalue weighted by atomic mass is 9.52. The number of rotatable bonds is 0. The maximum Gasteiger partial charge on any atom is 0.122 e. The highest BCUT2D eigenvalue weighted by molar-refractivity contribution is 5.25. The van der Waals surface area contributed by atoms with Crippen LogP contribution in [0, 0.1) is 5.41 Å². The van der Waals surface area contributed by atoms with Crippen LogP contribution in [0.3, 0.4) is 0 Å². The van der Waals surface area contributed by atoms with Crippen molar-refractivity contribution in [3.8, 4) is 0 Å². The van der Waals surface area contributed by atoms with Crippen LogP contribution in [0.5, 0.6) is 0 Å². The van der Waals surface area contributed by atoms with Crippen molar-refractivity contribution in [3.05, 3.63) is 0 Å². The lowest BCUT2D eigenvalue weighted by Crippen LogP contribution is -2.67. The van der Waals surface area contributed by atoms with Gasteiger partial charge < -0.3 is 20.1 Å². The summed E-state index contributed by atoms with van der Waals surface area (Å²) in [5, 5.41) is 31.9. The number of fused-ring (bicyclic) bond motifs is 1. The molecule has 1 spiro atoms. The maximum atomic E-state index is 10.8. The van der Waals surface area contributed by atoms with Crippen LogP contribution in [0.15, 0.2) is 0 Å². The van der Waals surface area contributed by atoms with Gasteiger partial charge in [-0.05, 0) is 46.0 Å². The summed E-state index contributed by atoms with van der Waals surface area (Å²) in [6.07, 6.45) is 2.12. The third kappa shape index (κ3) is 1.12. The molecule has 1 heterocycles. The van der Waals surface area contributed by atoms with E-state index in [0.717, 1.165) is 12.8 Å². The zero-order valence-electron chi connectivity index (χ0n) is 11.4. The largest absolute Gasteiger partial charge is 0.392 e. The minimum absolute atomic E-state index is 0.454. The molecule has 0 aromatic rings. The summed E-state index contributed by atoms with van der Waals surface area (Å²) in [7, 11) is 0. The molecule has 0 aromatic heterocycles. The fraction of sp³-hybridized carbons (Fsp3) is 1.00. The average Bonchev–Trinajstić information content (AvgIpc) is 2.38. The van der Waals surface area contributed by atoms with E-state index in [-0.39, 0.29) is 0 Å². The molecule has 3 N–H and O–H groups in total. The van der Waals surface area contributed by atoms with Crippen molar-refractivity contribution in [1.29, 1.82) is 0 Å². The van der Waals surface area contributed by atoms with Gasteiger partial charge in [0.1, 0.15) is 17.3 Å². The highest BCUT2D eigenvalue weighted by atomic mass is 16.6. The Bertz CT molecular complexity index is 382. The monoisotopic (exact) mass is 256 g/mol. The Labute approximate surface area is 108 Å². The molecule has 0 unspecified atom stereocenters. The van der Waals surface area contributed by atoms with Crippen LogP contribution in [0.1, 0.15) is 52.9 Å². The van der Waals surface area contributed by atoms with Gasteiger partial charge in [0.05, 0.1) is 11.7 Å². The normalized spacial score (nSPS) is 58.3. The Balaban J connectivity index is 2.14. The van der Waals surface area contributed by atoms with E-state index in [1.807, 2.05) is 20.8 Å². The van der Waals surface area contributed by atoms with Gasteiger partial charge in [-0.25, -0.2) is 0 Å². The van der Waals surface area contributed by atoms with Crippen molar-refractivity contribution >= 4 is 0 Å². The third-order valence-corrected chi connectivity index (χ3v) is 6.13. The van der Waals surface area contributed by atoms with Gasteiger partial charge in [0, 0.05) is 5.41 Å². The van der Waals surface area contributed by atoms with Crippen molar-refractivity contribution in [2.24, 2.45) is 5.41 Å². The van der Waals surface area contributed by atoms with Crippen molar-refractivity contribution in [2.75, 3.05) is 0 Å². The van der Waals surface area contributed by atoms with Gasteiger partial charge in [-0.1, -0.05) is 6.92 Å². The van der Waals surface area contributed by atoms with Crippen LogP contribution < -0.4 is 0 Å². The van der Waals surface area contributed by atoms with Gasteiger partial charge >= 0.3 is 0 Å². The molecule has 18 heavy (non-hydrogen) atoms. The van der Waals surface area contributed by atoms with Crippen molar-refractivity contribution in [3.63, 3.8) is 0 Å². The highest BCUT2D eigenvalue weighted by Crippen LogP contribution is 2.65. The quantitative estimate of drug-likeness (QED) is 0.604. The zero-order valence-corrected chi connectivity index (χ0v) is 11.4. The second kappa shape index (κ2) is 3.29. The van der Waals surface area contributed by atoms with Crippen LogP contribution in [-0.4, -0.2) is 44.3 Å². The average molecular weight is 256 g/mol. The summed E-state index contributed by atoms with van der Waals surface area (Å²) in [6.45, 7) is 5.69. The summed E-state index contributed by atoms with van der Waals surface area (Å²) < 4.78 is 6.19. The van der Waals surface area contributed by atoms with Crippen molar-refractivity contribution < 1.29 is 20.1 Å². The molecule has 4 nitrogen and oxygen atoms in total. The van der Waals surface area contributed by atoms with E-state index >= 15 is 0 Å². The molecular formula is C14H24O4. The van der Waals surface area contributed by atoms with E-state index < -0.39 is 34.4 Å². The van der Waals surface area contributed by atoms with E-state index in [2.05, 4.69) is 0 Å². The first-order chi connectivity index (χ1) is 8.20. The number of hydrogen-bond donors (Lipinski definition) is 3. The predicted octanol–water partition coefficient (Wildman–Crippen LogP) is 0.971. The van der Waals surface area contributed by atoms with Crippen LogP contribution >= 0.6 is 0 Å². The second-order valence-corrected chi connectivity index (χ2v) is 7.15. The van der Waals surface area contributed by atoms with Crippen LogP contribution in [-0.2, 0) is 4.74 Å². The van der Waals surface area contributed by atoms with Crippen LogP contribution in [0.4, 0.5) is 0 Å². The summed E-state index contributed by atoms with van der Waals surface area (Å²) in [6, 6.07) is 0. The minimum Gasteiger partial charge on any atom is -0.392 e. The van der Waals surface area contributed by atoms with Crippen molar-refractivity contribution in [2.45, 2.75) is 81.9 Å². The Morgan fingerprint density at radius 2 is 1.72 bits per heavy atom. The van der Waals surface area contributed by atoms with E-state index in [4.69, 9.17) is 4.74 Å². The van der Waals surface area contributed by atoms with Gasteiger partial charge in [-0.2, -0.15) is 0 Å². The summed E-state index contributed by atoms with van der Waals surface area (Å²) in [5.41, 5.74) is -3.20. The maximum absolute atomic E-state index is 10.8. The van der Waals surface area contributed by atoms with E-state index in [1.54, 1.807) is 0 Å². The number of aliphatic hydroxyl groups is 3. The molecule has 4 heteroatoms. The number of aliphatic hydroxyl groups excluding tert-OH is 2. The number of ether oxygens (including phenoxy) is 1. The van der Waals surface area contributed by atoms with Crippen LogP contribution in [0.2, 0.25) is 0 Å². The Kier molecular flexibility index (Phi) is 2.35. The first kappa shape index (κ1) is 12.9. The summed E-state index contributed by atoms with van der Waals surface area (Å²) in [4.78, 5) is 0. The molecule has 2 aliphatic carbocycles. The number of hydrogen-bond acceptors (Lipinski definition) is 4. The molecule has 1 saturated heterocycles. The van der Waals surface area contributed by atoms with E-state index in [0.29, 0.717) is 19.3 Å². The fourth-order valence-electron chi connectivity index (χ4n) is 4.64. The molecule has 3 aliphatic rings. The molecule has 2 bridgehead atoms. The van der Waals surface area contributed by atoms with Crippen molar-refractivity contribution in [1.82, 2.24) is 0 Å². The predicted molar refractivity (Wildman–Crippen MR) is 66.1 cm³/mol. The Morgan fingerprint density at radius 3 is 2.39 bits per heavy atom. The third-order valence-electron chi connectivity index (χ3n) is 6.13. The lowest BCUT2D eigenvalue weighted by molar-refractivity contribution is -0.235. The lowest BCUT2D eigenvalue weighted by Gasteiger charge is -2.56. The van der Waals surface area contributed by atoms with Gasteiger partial charge in [-0.15, -0.1) is 0 Å². The van der Waals surface area contributed by atoms with Crippen LogP contribution in [0.25, 0.3) is 0 Å². The van der Waals surface area contributed by atoms with Gasteiger partial charge in [-0.3, -0.25) is 0 Å². The molecule has 104 valence electrons. The summed E-state index contributed by atoms with van der Waals surface area (Å²) in [5.74, 6) is 0. The first-order valence-corrected chi connectivity index (χ1v) is 6.98. The molecule has 2 saturated carbocycles. The van der Waals surface area contributed by atoms with Gasteiger partial charge in [0.2, 0.25) is 0 Å². The van der Waals surface area contributed by atoms with E-state index in [9.17, 15) is 15.3 Å².